The SMILES string of the molecule is Cc1cc(N=Nc2ccc(S(=O)(=O)O)cc2C(=O)O)c(C)cc1N=Nc1cc(C)c(N=Nc2c(S(=O)(=O)O)cc3cc(Nc4ccccc4)ccc3c2O)cc1C. The van der Waals surface area contributed by atoms with Gasteiger partial charge in [-0.1, -0.05) is 18.2 Å². The number of hydrogen-bond acceptors (Lipinski definition) is 13. The van der Waals surface area contributed by atoms with Gasteiger partial charge in [-0.15, -0.1) is 10.2 Å². The fraction of sp³-hybridized carbons (Fsp3) is 0.103. The largest absolute Gasteiger partial charge is 0.505 e. The minimum absolute atomic E-state index is 0.122. The number of carbonyl (C=O) groups is 1. The predicted octanol–water partition coefficient (Wildman–Crippen LogP) is 11.0. The van der Waals surface area contributed by atoms with E-state index < -0.39 is 53.0 Å². The average molecular weight is 808 g/mol. The number of anilines is 2. The molecule has 6 rings (SSSR count). The lowest BCUT2D eigenvalue weighted by Crippen LogP contribution is -2.02. The number of para-hydroxylation sites is 1. The molecule has 0 heterocycles. The van der Waals surface area contributed by atoms with Crippen LogP contribution < -0.4 is 5.32 Å². The van der Waals surface area contributed by atoms with Crippen LogP contribution in [-0.4, -0.2) is 42.1 Å². The third-order valence-corrected chi connectivity index (χ3v) is 10.4. The van der Waals surface area contributed by atoms with Gasteiger partial charge >= 0.3 is 5.97 Å². The molecule has 6 aromatic rings. The van der Waals surface area contributed by atoms with E-state index in [1.165, 1.54) is 6.07 Å². The van der Waals surface area contributed by atoms with Crippen molar-refractivity contribution < 1.29 is 40.9 Å². The summed E-state index contributed by atoms with van der Waals surface area (Å²) in [6, 6.07) is 25.2. The fourth-order valence-electron chi connectivity index (χ4n) is 5.67. The average Bonchev–Trinajstić information content (AvgIpc) is 3.14. The van der Waals surface area contributed by atoms with E-state index in [1.807, 2.05) is 30.3 Å². The van der Waals surface area contributed by atoms with Gasteiger partial charge in [-0.3, -0.25) is 9.11 Å². The number of aryl methyl sites for hydroxylation is 4. The van der Waals surface area contributed by atoms with E-state index in [0.29, 0.717) is 61.5 Å². The van der Waals surface area contributed by atoms with Crippen LogP contribution in [0.3, 0.4) is 0 Å². The van der Waals surface area contributed by atoms with Crippen LogP contribution >= 0.6 is 0 Å². The summed E-state index contributed by atoms with van der Waals surface area (Å²) in [4.78, 5) is 10.5. The van der Waals surface area contributed by atoms with E-state index in [2.05, 4.69) is 36.0 Å². The first-order valence-electron chi connectivity index (χ1n) is 16.8. The monoisotopic (exact) mass is 807 g/mol. The summed E-state index contributed by atoms with van der Waals surface area (Å²) in [5, 5.41) is 49.8. The van der Waals surface area contributed by atoms with Crippen LogP contribution in [0, 0.1) is 27.7 Å². The highest BCUT2D eigenvalue weighted by atomic mass is 32.2. The summed E-state index contributed by atoms with van der Waals surface area (Å²) in [6.45, 7) is 7.00. The number of aromatic carboxylic acids is 1. The molecule has 18 heteroatoms. The highest BCUT2D eigenvalue weighted by Gasteiger charge is 2.23. The summed E-state index contributed by atoms with van der Waals surface area (Å²) in [7, 11) is -9.47. The summed E-state index contributed by atoms with van der Waals surface area (Å²) in [5.41, 5.74) is 4.66. The summed E-state index contributed by atoms with van der Waals surface area (Å²) < 4.78 is 67.2. The van der Waals surface area contributed by atoms with Crippen molar-refractivity contribution >= 4 is 82.5 Å². The summed E-state index contributed by atoms with van der Waals surface area (Å²) in [6.07, 6.45) is 0. The molecule has 0 unspecified atom stereocenters. The molecular formula is C39H33N7O9S2. The third kappa shape index (κ3) is 9.05. The molecule has 0 atom stereocenters. The Labute approximate surface area is 326 Å². The van der Waals surface area contributed by atoms with Gasteiger partial charge in [0.15, 0.2) is 5.75 Å². The first-order chi connectivity index (χ1) is 26.9. The van der Waals surface area contributed by atoms with E-state index >= 15 is 0 Å². The van der Waals surface area contributed by atoms with Crippen molar-refractivity contribution in [3.63, 3.8) is 0 Å². The molecule has 57 heavy (non-hydrogen) atoms. The van der Waals surface area contributed by atoms with Crippen LogP contribution in [0.25, 0.3) is 10.8 Å². The van der Waals surface area contributed by atoms with E-state index in [9.17, 15) is 40.9 Å². The number of hydrogen-bond donors (Lipinski definition) is 5. The Bertz CT molecular complexity index is 2920. The molecule has 0 aliphatic carbocycles. The molecule has 16 nitrogen and oxygen atoms in total. The maximum Gasteiger partial charge on any atom is 0.338 e. The van der Waals surface area contributed by atoms with Gasteiger partial charge in [0.2, 0.25) is 0 Å². The number of carboxylic acid groups (broad SMARTS) is 1. The highest BCUT2D eigenvalue weighted by molar-refractivity contribution is 7.86. The Hall–Kier alpha value is -6.73. The van der Waals surface area contributed by atoms with Crippen molar-refractivity contribution in [2.24, 2.45) is 30.7 Å². The number of phenols is 1. The maximum absolute atomic E-state index is 12.5. The normalized spacial score (nSPS) is 12.3. The standard InChI is InChI=1S/C39H33N7O9S2/c1-21-15-33(22(2)14-32(21)42-41-31-13-11-28(56(50,51)52)20-30(31)39(48)49)43-44-34-16-24(4)35(17-23(34)3)45-46-37-36(57(53,54)55)19-25-18-27(10-12-29(25)38(37)47)40-26-8-6-5-7-9-26/h5-20,40,47H,1-4H3,(H,48,49)(H,50,51,52)(H,53,54,55). The number of nitrogens with one attached hydrogen (secondary N) is 1. The van der Waals surface area contributed by atoms with Gasteiger partial charge in [-0.05, 0) is 134 Å². The molecule has 6 aromatic carbocycles. The molecule has 0 bridgehead atoms. The second kappa shape index (κ2) is 15.8. The highest BCUT2D eigenvalue weighted by Crippen LogP contribution is 2.43. The molecule has 0 aliphatic heterocycles. The molecule has 0 amide bonds. The third-order valence-electron chi connectivity index (χ3n) is 8.71. The second-order valence-corrected chi connectivity index (χ2v) is 15.7. The van der Waals surface area contributed by atoms with Gasteiger partial charge in [0.05, 0.1) is 33.2 Å². The molecule has 0 spiro atoms. The lowest BCUT2D eigenvalue weighted by Gasteiger charge is -2.12. The van der Waals surface area contributed by atoms with Crippen molar-refractivity contribution in [1.82, 2.24) is 0 Å². The first kappa shape index (κ1) is 39.9. The van der Waals surface area contributed by atoms with Crippen LogP contribution in [0.4, 0.5) is 45.5 Å². The molecule has 290 valence electrons. The van der Waals surface area contributed by atoms with E-state index in [-0.39, 0.29) is 5.69 Å². The predicted molar refractivity (Wildman–Crippen MR) is 213 cm³/mol. The van der Waals surface area contributed by atoms with Gasteiger partial charge in [-0.2, -0.15) is 37.3 Å². The Kier molecular flexibility index (Phi) is 11.1. The van der Waals surface area contributed by atoms with E-state index in [0.717, 1.165) is 23.9 Å². The van der Waals surface area contributed by atoms with Crippen molar-refractivity contribution in [3.05, 3.63) is 125 Å². The molecule has 0 aromatic heterocycles. The number of azo groups is 3. The van der Waals surface area contributed by atoms with Crippen LogP contribution in [0.2, 0.25) is 0 Å². The first-order valence-corrected chi connectivity index (χ1v) is 19.7. The van der Waals surface area contributed by atoms with E-state index in [1.54, 1.807) is 70.2 Å². The van der Waals surface area contributed by atoms with Gasteiger partial charge in [0, 0.05) is 16.8 Å². The topological polar surface area (TPSA) is 252 Å². The Morgan fingerprint density at radius 3 is 1.56 bits per heavy atom. The van der Waals surface area contributed by atoms with Crippen LogP contribution in [0.5, 0.6) is 5.75 Å². The van der Waals surface area contributed by atoms with Crippen molar-refractivity contribution in [3.8, 4) is 5.75 Å². The zero-order valence-electron chi connectivity index (χ0n) is 30.6. The smallest absolute Gasteiger partial charge is 0.338 e. The number of benzene rings is 6. The zero-order chi connectivity index (χ0) is 41.2. The van der Waals surface area contributed by atoms with Crippen LogP contribution in [0.15, 0.2) is 138 Å². The van der Waals surface area contributed by atoms with Crippen molar-refractivity contribution in [2.45, 2.75) is 37.5 Å². The second-order valence-electron chi connectivity index (χ2n) is 12.9. The quantitative estimate of drug-likeness (QED) is 0.0611. The fourth-order valence-corrected chi connectivity index (χ4v) is 6.83. The van der Waals surface area contributed by atoms with Crippen molar-refractivity contribution in [1.29, 1.82) is 0 Å². The lowest BCUT2D eigenvalue weighted by atomic mass is 10.1. The molecule has 0 radical (unpaired) electrons. The number of rotatable bonds is 11. The van der Waals surface area contributed by atoms with Gasteiger partial charge in [0.1, 0.15) is 16.3 Å². The molecular weight excluding hydrogens is 775 g/mol. The van der Waals surface area contributed by atoms with Crippen LogP contribution in [0.1, 0.15) is 32.6 Å². The van der Waals surface area contributed by atoms with Gasteiger partial charge < -0.3 is 15.5 Å². The Morgan fingerprint density at radius 1 is 0.561 bits per heavy atom. The number of aromatic hydroxyl groups is 1. The lowest BCUT2D eigenvalue weighted by molar-refractivity contribution is 0.0697. The number of phenolic OH excluding ortho intramolecular Hbond substituents is 1. The van der Waals surface area contributed by atoms with Crippen LogP contribution in [-0.2, 0) is 20.2 Å². The summed E-state index contributed by atoms with van der Waals surface area (Å²) >= 11 is 0. The zero-order valence-corrected chi connectivity index (χ0v) is 32.2. The molecule has 0 aliphatic rings. The van der Waals surface area contributed by atoms with Crippen molar-refractivity contribution in [2.75, 3.05) is 5.32 Å². The Balaban J connectivity index is 1.25. The number of fused-ring (bicyclic) bond motifs is 1. The number of nitrogens with zero attached hydrogens (tertiary/aromatic N) is 6. The molecule has 0 saturated heterocycles. The van der Waals surface area contributed by atoms with Gasteiger partial charge in [0.25, 0.3) is 20.2 Å². The molecule has 0 saturated carbocycles. The number of carboxylic acids is 1. The summed E-state index contributed by atoms with van der Waals surface area (Å²) in [5.74, 6) is -1.94. The van der Waals surface area contributed by atoms with E-state index in [4.69, 9.17) is 0 Å². The van der Waals surface area contributed by atoms with Gasteiger partial charge in [-0.25, -0.2) is 4.79 Å². The molecule has 5 N–H and O–H groups in total. The Morgan fingerprint density at radius 2 is 1.07 bits per heavy atom. The maximum atomic E-state index is 12.5. The minimum atomic E-state index is -4.84. The minimum Gasteiger partial charge on any atom is -0.505 e. The molecule has 0 fully saturated rings.